The summed E-state index contributed by atoms with van der Waals surface area (Å²) in [4.78, 5) is 11.8. The van der Waals surface area contributed by atoms with Gasteiger partial charge in [-0.2, -0.15) is 5.10 Å². The summed E-state index contributed by atoms with van der Waals surface area (Å²) < 4.78 is 7.35. The van der Waals surface area contributed by atoms with Crippen molar-refractivity contribution in [2.24, 2.45) is 0 Å². The summed E-state index contributed by atoms with van der Waals surface area (Å²) in [5.74, 6) is 0. The van der Waals surface area contributed by atoms with Gasteiger partial charge in [0.1, 0.15) is 0 Å². The second kappa shape index (κ2) is 6.56. The first-order valence-electron chi connectivity index (χ1n) is 6.81. The number of amides is 2. The van der Waals surface area contributed by atoms with E-state index >= 15 is 0 Å². The molecule has 0 spiro atoms. The second-order valence-electron chi connectivity index (χ2n) is 5.09. The first-order valence-corrected chi connectivity index (χ1v) is 6.81. The summed E-state index contributed by atoms with van der Waals surface area (Å²) in [5, 5.41) is 9.95. The Morgan fingerprint density at radius 2 is 2.37 bits per heavy atom. The molecule has 106 valence electrons. The van der Waals surface area contributed by atoms with Crippen LogP contribution >= 0.6 is 0 Å². The average Bonchev–Trinajstić information content (AvgIpc) is 3.00. The van der Waals surface area contributed by atoms with Crippen molar-refractivity contribution in [3.05, 3.63) is 18.5 Å². The van der Waals surface area contributed by atoms with Gasteiger partial charge < -0.3 is 15.4 Å². The van der Waals surface area contributed by atoms with Crippen LogP contribution in [-0.2, 0) is 11.3 Å². The third-order valence-corrected chi connectivity index (χ3v) is 3.28. The zero-order valence-corrected chi connectivity index (χ0v) is 11.5. The highest BCUT2D eigenvalue weighted by molar-refractivity contribution is 5.74. The summed E-state index contributed by atoms with van der Waals surface area (Å²) in [5.41, 5.74) is 0. The van der Waals surface area contributed by atoms with Crippen molar-refractivity contribution in [3.63, 3.8) is 0 Å². The summed E-state index contributed by atoms with van der Waals surface area (Å²) in [6.07, 6.45) is 5.85. The van der Waals surface area contributed by atoms with Crippen LogP contribution in [0.5, 0.6) is 0 Å². The van der Waals surface area contributed by atoms with Crippen molar-refractivity contribution in [3.8, 4) is 0 Å². The Morgan fingerprint density at radius 3 is 3.00 bits per heavy atom. The van der Waals surface area contributed by atoms with Crippen molar-refractivity contribution in [1.29, 1.82) is 0 Å². The molecule has 1 saturated heterocycles. The number of rotatable bonds is 5. The molecule has 0 unspecified atom stereocenters. The largest absolute Gasteiger partial charge is 0.376 e. The number of hydrogen-bond donors (Lipinski definition) is 2. The Labute approximate surface area is 113 Å². The van der Waals surface area contributed by atoms with Crippen molar-refractivity contribution in [1.82, 2.24) is 20.4 Å². The molecule has 0 bridgehead atoms. The van der Waals surface area contributed by atoms with Gasteiger partial charge in [-0.15, -0.1) is 0 Å². The third kappa shape index (κ3) is 4.24. The number of nitrogens with zero attached hydrogens (tertiary/aromatic N) is 2. The summed E-state index contributed by atoms with van der Waals surface area (Å²) in [7, 11) is 0. The fourth-order valence-corrected chi connectivity index (χ4v) is 2.30. The van der Waals surface area contributed by atoms with E-state index in [1.54, 1.807) is 10.9 Å². The molecule has 1 aromatic heterocycles. The maximum atomic E-state index is 11.8. The molecule has 2 amide bonds. The van der Waals surface area contributed by atoms with Gasteiger partial charge in [-0.25, -0.2) is 4.79 Å². The van der Waals surface area contributed by atoms with Crippen LogP contribution in [0, 0.1) is 0 Å². The predicted molar refractivity (Wildman–Crippen MR) is 71.8 cm³/mol. The molecular weight excluding hydrogens is 244 g/mol. The molecule has 19 heavy (non-hydrogen) atoms. The molecule has 3 atom stereocenters. The Kier molecular flexibility index (Phi) is 4.79. The van der Waals surface area contributed by atoms with Crippen molar-refractivity contribution < 1.29 is 9.53 Å². The lowest BCUT2D eigenvalue weighted by molar-refractivity contribution is 0.0858. The fourth-order valence-electron chi connectivity index (χ4n) is 2.30. The maximum absolute atomic E-state index is 11.8. The van der Waals surface area contributed by atoms with E-state index in [1.807, 2.05) is 26.1 Å². The van der Waals surface area contributed by atoms with Crippen LogP contribution in [0.1, 0.15) is 26.7 Å². The zero-order chi connectivity index (χ0) is 13.7. The number of urea groups is 1. The normalized spacial score (nSPS) is 21.9. The van der Waals surface area contributed by atoms with E-state index in [4.69, 9.17) is 4.74 Å². The molecule has 2 rings (SSSR count). The maximum Gasteiger partial charge on any atom is 0.315 e. The molecule has 1 aliphatic heterocycles. The van der Waals surface area contributed by atoms with Crippen LogP contribution in [-0.4, -0.2) is 40.6 Å². The van der Waals surface area contributed by atoms with Crippen LogP contribution in [0.4, 0.5) is 4.79 Å². The highest BCUT2D eigenvalue weighted by Crippen LogP contribution is 2.15. The molecule has 0 radical (unpaired) electrons. The van der Waals surface area contributed by atoms with Gasteiger partial charge in [0.25, 0.3) is 0 Å². The molecule has 2 heterocycles. The standard InChI is InChI=1S/C13H22N4O2/c1-10(9-17-7-4-6-14-17)15-13(18)16-11(2)12-5-3-8-19-12/h4,6-7,10-12H,3,5,8-9H2,1-2H3,(H2,15,16,18)/t10-,11+,12-/m1/s1. The lowest BCUT2D eigenvalue weighted by Crippen LogP contribution is -2.49. The summed E-state index contributed by atoms with van der Waals surface area (Å²) in [6, 6.07) is 1.78. The number of aromatic nitrogens is 2. The summed E-state index contributed by atoms with van der Waals surface area (Å²) in [6.45, 7) is 5.40. The number of ether oxygens (including phenoxy) is 1. The molecule has 1 aromatic rings. The molecule has 0 saturated carbocycles. The molecule has 2 N–H and O–H groups in total. The highest BCUT2D eigenvalue weighted by atomic mass is 16.5. The van der Waals surface area contributed by atoms with Crippen LogP contribution in [0.3, 0.4) is 0 Å². The SMILES string of the molecule is C[C@H](Cn1cccn1)NC(=O)N[C@@H](C)[C@H]1CCCO1. The van der Waals surface area contributed by atoms with E-state index in [0.29, 0.717) is 6.54 Å². The van der Waals surface area contributed by atoms with E-state index in [9.17, 15) is 4.79 Å². The van der Waals surface area contributed by atoms with Crippen LogP contribution in [0.25, 0.3) is 0 Å². The number of carbonyl (C=O) groups is 1. The van der Waals surface area contributed by atoms with Gasteiger partial charge in [0.2, 0.25) is 0 Å². The topological polar surface area (TPSA) is 68.2 Å². The van der Waals surface area contributed by atoms with Gasteiger partial charge in [-0.05, 0) is 32.8 Å². The lowest BCUT2D eigenvalue weighted by Gasteiger charge is -2.22. The number of nitrogens with one attached hydrogen (secondary N) is 2. The molecular formula is C13H22N4O2. The first kappa shape index (κ1) is 13.9. The van der Waals surface area contributed by atoms with Crippen LogP contribution in [0.15, 0.2) is 18.5 Å². The van der Waals surface area contributed by atoms with E-state index < -0.39 is 0 Å². The highest BCUT2D eigenvalue weighted by Gasteiger charge is 2.23. The molecule has 6 nitrogen and oxygen atoms in total. The van der Waals surface area contributed by atoms with Crippen molar-refractivity contribution in [2.45, 2.75) is 51.4 Å². The summed E-state index contributed by atoms with van der Waals surface area (Å²) >= 11 is 0. The van der Waals surface area contributed by atoms with Gasteiger partial charge >= 0.3 is 6.03 Å². The smallest absolute Gasteiger partial charge is 0.315 e. The van der Waals surface area contributed by atoms with Gasteiger partial charge in [-0.3, -0.25) is 4.68 Å². The molecule has 0 aliphatic carbocycles. The van der Waals surface area contributed by atoms with Crippen LogP contribution in [0.2, 0.25) is 0 Å². The van der Waals surface area contributed by atoms with Crippen molar-refractivity contribution in [2.75, 3.05) is 6.61 Å². The molecule has 0 aromatic carbocycles. The van der Waals surface area contributed by atoms with E-state index in [1.165, 1.54) is 0 Å². The predicted octanol–water partition coefficient (Wildman–Crippen LogP) is 1.14. The van der Waals surface area contributed by atoms with Crippen LogP contribution < -0.4 is 10.6 Å². The number of carbonyl (C=O) groups excluding carboxylic acids is 1. The fraction of sp³-hybridized carbons (Fsp3) is 0.692. The zero-order valence-electron chi connectivity index (χ0n) is 11.5. The quantitative estimate of drug-likeness (QED) is 0.839. The van der Waals surface area contributed by atoms with Crippen molar-refractivity contribution >= 4 is 6.03 Å². The Bertz CT molecular complexity index is 387. The minimum Gasteiger partial charge on any atom is -0.376 e. The van der Waals surface area contributed by atoms with E-state index in [0.717, 1.165) is 19.4 Å². The minimum atomic E-state index is -0.150. The van der Waals surface area contributed by atoms with E-state index in [2.05, 4.69) is 15.7 Å². The number of hydrogen-bond acceptors (Lipinski definition) is 3. The minimum absolute atomic E-state index is 0.0246. The monoisotopic (exact) mass is 266 g/mol. The molecule has 6 heteroatoms. The Hall–Kier alpha value is -1.56. The second-order valence-corrected chi connectivity index (χ2v) is 5.09. The van der Waals surface area contributed by atoms with Gasteiger partial charge in [0, 0.05) is 25.0 Å². The van der Waals surface area contributed by atoms with Gasteiger partial charge in [-0.1, -0.05) is 0 Å². The molecule has 1 fully saturated rings. The first-order chi connectivity index (χ1) is 9.15. The van der Waals surface area contributed by atoms with Gasteiger partial charge in [0.15, 0.2) is 0 Å². The van der Waals surface area contributed by atoms with E-state index in [-0.39, 0.29) is 24.2 Å². The third-order valence-electron chi connectivity index (χ3n) is 3.28. The average molecular weight is 266 g/mol. The van der Waals surface area contributed by atoms with Gasteiger partial charge in [0.05, 0.1) is 18.7 Å². The molecule has 1 aliphatic rings. The Morgan fingerprint density at radius 1 is 1.53 bits per heavy atom. The lowest BCUT2D eigenvalue weighted by atomic mass is 10.1. The Balaban J connectivity index is 1.71.